The van der Waals surface area contributed by atoms with Gasteiger partial charge in [-0.3, -0.25) is 4.79 Å². The third-order valence-corrected chi connectivity index (χ3v) is 3.05. The third-order valence-electron chi connectivity index (χ3n) is 3.05. The van der Waals surface area contributed by atoms with Gasteiger partial charge in [0.25, 0.3) is 0 Å². The van der Waals surface area contributed by atoms with Crippen molar-refractivity contribution in [1.29, 1.82) is 0 Å². The second-order valence-corrected chi connectivity index (χ2v) is 5.25. The van der Waals surface area contributed by atoms with E-state index < -0.39 is 0 Å². The number of aryl methyl sites for hydroxylation is 1. The van der Waals surface area contributed by atoms with Gasteiger partial charge >= 0.3 is 0 Å². The molecule has 106 valence electrons. The summed E-state index contributed by atoms with van der Waals surface area (Å²) in [5.41, 5.74) is 2.70. The van der Waals surface area contributed by atoms with Gasteiger partial charge in [0.05, 0.1) is 0 Å². The van der Waals surface area contributed by atoms with Gasteiger partial charge in [-0.05, 0) is 23.5 Å². The van der Waals surface area contributed by atoms with Crippen molar-refractivity contribution in [2.24, 2.45) is 5.92 Å². The van der Waals surface area contributed by atoms with Crippen molar-refractivity contribution in [3.05, 3.63) is 35.4 Å². The molecule has 2 N–H and O–H groups in total. The van der Waals surface area contributed by atoms with Crippen LogP contribution in [0.2, 0.25) is 0 Å². The standard InChI is InChI=1S/C16H26N2O/c1-4-14-7-5-6-8-15(14)12-17-10-9-16(19)18-11-13(2)3/h5-8,13,17H,4,9-12H2,1-3H3,(H,18,19). The Kier molecular flexibility index (Phi) is 7.19. The van der Waals surface area contributed by atoms with Crippen LogP contribution in [-0.4, -0.2) is 19.0 Å². The van der Waals surface area contributed by atoms with E-state index in [9.17, 15) is 4.79 Å². The molecule has 0 aromatic heterocycles. The fourth-order valence-corrected chi connectivity index (χ4v) is 1.91. The molecule has 1 aromatic carbocycles. The van der Waals surface area contributed by atoms with E-state index in [1.54, 1.807) is 0 Å². The second kappa shape index (κ2) is 8.70. The Morgan fingerprint density at radius 3 is 2.53 bits per heavy atom. The Morgan fingerprint density at radius 2 is 1.89 bits per heavy atom. The number of hydrogen-bond donors (Lipinski definition) is 2. The summed E-state index contributed by atoms with van der Waals surface area (Å²) < 4.78 is 0. The molecular formula is C16H26N2O. The minimum absolute atomic E-state index is 0.130. The topological polar surface area (TPSA) is 41.1 Å². The summed E-state index contributed by atoms with van der Waals surface area (Å²) in [6.45, 7) is 8.68. The molecule has 1 aromatic rings. The summed E-state index contributed by atoms with van der Waals surface area (Å²) in [5, 5.41) is 6.26. The van der Waals surface area contributed by atoms with Crippen LogP contribution in [0.25, 0.3) is 0 Å². The second-order valence-electron chi connectivity index (χ2n) is 5.25. The number of carbonyl (C=O) groups excluding carboxylic acids is 1. The Hall–Kier alpha value is -1.35. The molecule has 0 bridgehead atoms. The van der Waals surface area contributed by atoms with Gasteiger partial charge in [0.2, 0.25) is 5.91 Å². The fourth-order valence-electron chi connectivity index (χ4n) is 1.91. The van der Waals surface area contributed by atoms with Crippen LogP contribution < -0.4 is 10.6 Å². The first-order valence-corrected chi connectivity index (χ1v) is 7.17. The molecule has 0 fully saturated rings. The van der Waals surface area contributed by atoms with Crippen molar-refractivity contribution in [2.45, 2.75) is 40.2 Å². The Balaban J connectivity index is 2.22. The van der Waals surface area contributed by atoms with Gasteiger partial charge < -0.3 is 10.6 Å². The van der Waals surface area contributed by atoms with Crippen LogP contribution in [0.5, 0.6) is 0 Å². The average Bonchev–Trinajstić information content (AvgIpc) is 2.41. The quantitative estimate of drug-likeness (QED) is 0.707. The maximum absolute atomic E-state index is 11.5. The van der Waals surface area contributed by atoms with Gasteiger partial charge in [0.15, 0.2) is 0 Å². The molecular weight excluding hydrogens is 236 g/mol. The fraction of sp³-hybridized carbons (Fsp3) is 0.562. The summed E-state index contributed by atoms with van der Waals surface area (Å²) in [6, 6.07) is 8.43. The molecule has 0 heterocycles. The van der Waals surface area contributed by atoms with Gasteiger partial charge in [0, 0.05) is 26.1 Å². The van der Waals surface area contributed by atoms with Crippen molar-refractivity contribution in [3.8, 4) is 0 Å². The SMILES string of the molecule is CCc1ccccc1CNCCC(=O)NCC(C)C. The maximum atomic E-state index is 11.5. The summed E-state index contributed by atoms with van der Waals surface area (Å²) in [4.78, 5) is 11.5. The smallest absolute Gasteiger partial charge is 0.221 e. The van der Waals surface area contributed by atoms with E-state index in [4.69, 9.17) is 0 Å². The lowest BCUT2D eigenvalue weighted by Gasteiger charge is -2.10. The molecule has 1 amide bonds. The van der Waals surface area contributed by atoms with Crippen LogP contribution in [0.4, 0.5) is 0 Å². The first-order valence-electron chi connectivity index (χ1n) is 7.17. The van der Waals surface area contributed by atoms with Crippen LogP contribution in [0, 0.1) is 5.92 Å². The van der Waals surface area contributed by atoms with E-state index in [0.717, 1.165) is 26.1 Å². The zero-order chi connectivity index (χ0) is 14.1. The lowest BCUT2D eigenvalue weighted by Crippen LogP contribution is -2.30. The highest BCUT2D eigenvalue weighted by molar-refractivity contribution is 5.76. The molecule has 0 unspecified atom stereocenters. The highest BCUT2D eigenvalue weighted by Gasteiger charge is 2.03. The third kappa shape index (κ3) is 6.39. The molecule has 3 nitrogen and oxygen atoms in total. The molecule has 0 spiro atoms. The zero-order valence-electron chi connectivity index (χ0n) is 12.3. The molecule has 3 heteroatoms. The molecule has 0 aliphatic rings. The minimum atomic E-state index is 0.130. The van der Waals surface area contributed by atoms with Gasteiger partial charge in [-0.15, -0.1) is 0 Å². The number of benzene rings is 1. The molecule has 0 saturated carbocycles. The average molecular weight is 262 g/mol. The summed E-state index contributed by atoms with van der Waals surface area (Å²) in [7, 11) is 0. The van der Waals surface area contributed by atoms with Crippen molar-refractivity contribution in [1.82, 2.24) is 10.6 Å². The van der Waals surface area contributed by atoms with Crippen molar-refractivity contribution in [2.75, 3.05) is 13.1 Å². The normalized spacial score (nSPS) is 10.7. The van der Waals surface area contributed by atoms with Gasteiger partial charge in [-0.2, -0.15) is 0 Å². The lowest BCUT2D eigenvalue weighted by atomic mass is 10.1. The van der Waals surface area contributed by atoms with Crippen molar-refractivity contribution >= 4 is 5.91 Å². The van der Waals surface area contributed by atoms with Gasteiger partial charge in [-0.25, -0.2) is 0 Å². The van der Waals surface area contributed by atoms with Crippen LogP contribution in [0.3, 0.4) is 0 Å². The molecule has 0 atom stereocenters. The summed E-state index contributed by atoms with van der Waals surface area (Å²) in [6.07, 6.45) is 1.59. The highest BCUT2D eigenvalue weighted by Crippen LogP contribution is 2.08. The Labute approximate surface area is 116 Å². The predicted molar refractivity (Wildman–Crippen MR) is 80.0 cm³/mol. The van der Waals surface area contributed by atoms with Crippen molar-refractivity contribution < 1.29 is 4.79 Å². The van der Waals surface area contributed by atoms with Crippen LogP contribution >= 0.6 is 0 Å². The number of amides is 1. The Bertz CT molecular complexity index is 388. The molecule has 1 rings (SSSR count). The number of rotatable bonds is 8. The molecule has 0 radical (unpaired) electrons. The Morgan fingerprint density at radius 1 is 1.21 bits per heavy atom. The van der Waals surface area contributed by atoms with Crippen molar-refractivity contribution in [3.63, 3.8) is 0 Å². The van der Waals surface area contributed by atoms with Crippen LogP contribution in [-0.2, 0) is 17.8 Å². The molecule has 0 aliphatic heterocycles. The molecule has 19 heavy (non-hydrogen) atoms. The summed E-state index contributed by atoms with van der Waals surface area (Å²) in [5.74, 6) is 0.637. The van der Waals surface area contributed by atoms with Crippen LogP contribution in [0.1, 0.15) is 38.3 Å². The highest BCUT2D eigenvalue weighted by atomic mass is 16.1. The van der Waals surface area contributed by atoms with Crippen LogP contribution in [0.15, 0.2) is 24.3 Å². The van der Waals surface area contributed by atoms with Gasteiger partial charge in [0.1, 0.15) is 0 Å². The van der Waals surface area contributed by atoms with E-state index in [-0.39, 0.29) is 5.91 Å². The molecule has 0 aliphatic carbocycles. The summed E-state index contributed by atoms with van der Waals surface area (Å²) >= 11 is 0. The largest absolute Gasteiger partial charge is 0.356 e. The lowest BCUT2D eigenvalue weighted by molar-refractivity contribution is -0.121. The van der Waals surface area contributed by atoms with Gasteiger partial charge in [-0.1, -0.05) is 45.0 Å². The van der Waals surface area contributed by atoms with E-state index >= 15 is 0 Å². The zero-order valence-corrected chi connectivity index (χ0v) is 12.3. The number of carbonyl (C=O) groups is 1. The van der Waals surface area contributed by atoms with E-state index in [1.165, 1.54) is 11.1 Å². The maximum Gasteiger partial charge on any atom is 0.221 e. The number of hydrogen-bond acceptors (Lipinski definition) is 2. The first-order chi connectivity index (χ1) is 9.13. The van der Waals surface area contributed by atoms with E-state index in [2.05, 4.69) is 55.7 Å². The first kappa shape index (κ1) is 15.7. The minimum Gasteiger partial charge on any atom is -0.356 e. The van der Waals surface area contributed by atoms with E-state index in [0.29, 0.717) is 12.3 Å². The molecule has 0 saturated heterocycles. The number of nitrogens with one attached hydrogen (secondary N) is 2. The predicted octanol–water partition coefficient (Wildman–Crippen LogP) is 2.50. The monoisotopic (exact) mass is 262 g/mol. The van der Waals surface area contributed by atoms with E-state index in [1.807, 2.05) is 0 Å².